The van der Waals surface area contributed by atoms with E-state index in [0.717, 1.165) is 42.9 Å². The highest BCUT2D eigenvalue weighted by Crippen LogP contribution is 2.21. The summed E-state index contributed by atoms with van der Waals surface area (Å²) in [6, 6.07) is 6.57. The summed E-state index contributed by atoms with van der Waals surface area (Å²) in [6.07, 6.45) is 2.89. The summed E-state index contributed by atoms with van der Waals surface area (Å²) >= 11 is 0. The maximum Gasteiger partial charge on any atom is 0.123 e. The topological polar surface area (TPSA) is 42.7 Å². The van der Waals surface area contributed by atoms with Crippen molar-refractivity contribution >= 4 is 0 Å². The fourth-order valence-electron chi connectivity index (χ4n) is 2.46. The molecule has 1 heterocycles. The van der Waals surface area contributed by atoms with Crippen LogP contribution in [0.2, 0.25) is 0 Å². The van der Waals surface area contributed by atoms with Crippen LogP contribution >= 0.6 is 0 Å². The molecule has 1 aromatic carbocycles. The third kappa shape index (κ3) is 3.47. The van der Waals surface area contributed by atoms with Crippen LogP contribution in [0.25, 0.3) is 5.69 Å². The maximum atomic E-state index is 13.1. The van der Waals surface area contributed by atoms with Gasteiger partial charge in [-0.2, -0.15) is 0 Å². The summed E-state index contributed by atoms with van der Waals surface area (Å²) in [5.74, 6) is -0.242. The second-order valence-corrected chi connectivity index (χ2v) is 5.08. The van der Waals surface area contributed by atoms with Crippen LogP contribution in [-0.2, 0) is 6.42 Å². The molecule has 2 rings (SSSR count). The summed E-state index contributed by atoms with van der Waals surface area (Å²) in [5.41, 5.74) is 2.92. The van der Waals surface area contributed by atoms with Crippen LogP contribution in [0.3, 0.4) is 0 Å². The Morgan fingerprint density at radius 2 is 1.90 bits per heavy atom. The van der Waals surface area contributed by atoms with E-state index in [1.165, 1.54) is 12.1 Å². The lowest BCUT2D eigenvalue weighted by Gasteiger charge is -2.15. The summed E-state index contributed by atoms with van der Waals surface area (Å²) in [4.78, 5) is 0. The Morgan fingerprint density at radius 3 is 2.48 bits per heavy atom. The Bertz CT molecular complexity index is 562. The predicted molar refractivity (Wildman–Crippen MR) is 82.0 cm³/mol. The number of benzene rings is 1. The monoisotopic (exact) mass is 290 g/mol. The highest BCUT2D eigenvalue weighted by atomic mass is 19.1. The van der Waals surface area contributed by atoms with Crippen LogP contribution in [0.1, 0.15) is 51.0 Å². The first-order chi connectivity index (χ1) is 10.2. The lowest BCUT2D eigenvalue weighted by atomic mass is 10.1. The van der Waals surface area contributed by atoms with Gasteiger partial charge in [0.25, 0.3) is 0 Å². The highest BCUT2D eigenvalue weighted by molar-refractivity contribution is 5.34. The normalized spacial score (nSPS) is 12.6. The molecule has 0 bridgehead atoms. The molecule has 1 N–H and O–H groups in total. The number of nitrogens with one attached hydrogen (secondary N) is 1. The number of aromatic nitrogens is 3. The van der Waals surface area contributed by atoms with Crippen molar-refractivity contribution in [3.8, 4) is 5.69 Å². The number of hydrogen-bond donors (Lipinski definition) is 1. The van der Waals surface area contributed by atoms with Crippen molar-refractivity contribution in [2.75, 3.05) is 6.54 Å². The molecule has 0 fully saturated rings. The van der Waals surface area contributed by atoms with E-state index in [9.17, 15) is 4.39 Å². The zero-order chi connectivity index (χ0) is 15.2. The maximum absolute atomic E-state index is 13.1. The molecule has 0 amide bonds. The Morgan fingerprint density at radius 1 is 1.19 bits per heavy atom. The van der Waals surface area contributed by atoms with Gasteiger partial charge in [0.1, 0.15) is 11.5 Å². The molecule has 1 unspecified atom stereocenters. The van der Waals surface area contributed by atoms with E-state index in [2.05, 4.69) is 36.4 Å². The Hall–Kier alpha value is -1.75. The van der Waals surface area contributed by atoms with Crippen LogP contribution in [0.15, 0.2) is 24.3 Å². The molecule has 0 saturated heterocycles. The van der Waals surface area contributed by atoms with Gasteiger partial charge in [0.05, 0.1) is 17.4 Å². The molecule has 2 aromatic rings. The van der Waals surface area contributed by atoms with Crippen LogP contribution < -0.4 is 5.32 Å². The van der Waals surface area contributed by atoms with Gasteiger partial charge in [0.15, 0.2) is 0 Å². The largest absolute Gasteiger partial charge is 0.309 e. The van der Waals surface area contributed by atoms with Crippen LogP contribution in [0.5, 0.6) is 0 Å². The summed E-state index contributed by atoms with van der Waals surface area (Å²) in [7, 11) is 0. The third-order valence-corrected chi connectivity index (χ3v) is 3.58. The second kappa shape index (κ2) is 7.31. The van der Waals surface area contributed by atoms with Crippen molar-refractivity contribution in [3.63, 3.8) is 0 Å². The van der Waals surface area contributed by atoms with Crippen molar-refractivity contribution in [2.24, 2.45) is 0 Å². The third-order valence-electron chi connectivity index (χ3n) is 3.58. The minimum atomic E-state index is -0.242. The SMILES string of the molecule is CCCNC(CC)c1nnn(-c2ccc(F)cc2)c1CC. The van der Waals surface area contributed by atoms with E-state index < -0.39 is 0 Å². The fraction of sp³-hybridized carbons (Fsp3) is 0.500. The van der Waals surface area contributed by atoms with E-state index in [1.54, 1.807) is 12.1 Å². The van der Waals surface area contributed by atoms with Crippen molar-refractivity contribution in [2.45, 2.75) is 46.1 Å². The smallest absolute Gasteiger partial charge is 0.123 e. The predicted octanol–water partition coefficient (Wildman–Crippen LogP) is 3.42. The molecule has 0 aliphatic rings. The second-order valence-electron chi connectivity index (χ2n) is 5.08. The molecule has 4 nitrogen and oxygen atoms in total. The minimum absolute atomic E-state index is 0.217. The first-order valence-electron chi connectivity index (χ1n) is 7.65. The summed E-state index contributed by atoms with van der Waals surface area (Å²) < 4.78 is 14.9. The van der Waals surface area contributed by atoms with Gasteiger partial charge >= 0.3 is 0 Å². The number of rotatable bonds is 7. The summed E-state index contributed by atoms with van der Waals surface area (Å²) in [5, 5.41) is 12.1. The van der Waals surface area contributed by atoms with Crippen molar-refractivity contribution < 1.29 is 4.39 Å². The standard InChI is InChI=1S/C16H23FN4/c1-4-11-18-14(5-2)16-15(6-3)21(20-19-16)13-9-7-12(17)8-10-13/h7-10,14,18H,4-6,11H2,1-3H3. The molecule has 114 valence electrons. The first-order valence-corrected chi connectivity index (χ1v) is 7.65. The number of hydrogen-bond acceptors (Lipinski definition) is 3. The van der Waals surface area contributed by atoms with E-state index in [0.29, 0.717) is 0 Å². The van der Waals surface area contributed by atoms with Crippen molar-refractivity contribution in [1.82, 2.24) is 20.3 Å². The lowest BCUT2D eigenvalue weighted by molar-refractivity contribution is 0.503. The van der Waals surface area contributed by atoms with Gasteiger partial charge in [-0.05, 0) is 50.1 Å². The van der Waals surface area contributed by atoms with Gasteiger partial charge in [-0.1, -0.05) is 26.0 Å². The Kier molecular flexibility index (Phi) is 5.44. The lowest BCUT2D eigenvalue weighted by Crippen LogP contribution is -2.23. The zero-order valence-electron chi connectivity index (χ0n) is 12.9. The van der Waals surface area contributed by atoms with Crippen LogP contribution in [0.4, 0.5) is 4.39 Å². The molecule has 0 aliphatic carbocycles. The zero-order valence-corrected chi connectivity index (χ0v) is 12.9. The molecule has 21 heavy (non-hydrogen) atoms. The first kappa shape index (κ1) is 15.6. The molecule has 0 radical (unpaired) electrons. The molecular formula is C16H23FN4. The van der Waals surface area contributed by atoms with E-state index in [-0.39, 0.29) is 11.9 Å². The number of nitrogens with zero attached hydrogens (tertiary/aromatic N) is 3. The van der Waals surface area contributed by atoms with Gasteiger partial charge in [0.2, 0.25) is 0 Å². The Balaban J connectivity index is 2.34. The van der Waals surface area contributed by atoms with Gasteiger partial charge in [-0.3, -0.25) is 0 Å². The molecule has 0 spiro atoms. The molecule has 0 saturated carbocycles. The van der Waals surface area contributed by atoms with Gasteiger partial charge in [-0.15, -0.1) is 5.10 Å². The fourth-order valence-corrected chi connectivity index (χ4v) is 2.46. The minimum Gasteiger partial charge on any atom is -0.309 e. The molecule has 1 atom stereocenters. The molecule has 0 aliphatic heterocycles. The average Bonchev–Trinajstić information content (AvgIpc) is 2.92. The van der Waals surface area contributed by atoms with Crippen molar-refractivity contribution in [3.05, 3.63) is 41.5 Å². The van der Waals surface area contributed by atoms with E-state index >= 15 is 0 Å². The van der Waals surface area contributed by atoms with Crippen molar-refractivity contribution in [1.29, 1.82) is 0 Å². The molecule has 1 aromatic heterocycles. The van der Waals surface area contributed by atoms with Crippen LogP contribution in [-0.4, -0.2) is 21.5 Å². The quantitative estimate of drug-likeness (QED) is 0.849. The average molecular weight is 290 g/mol. The molecular weight excluding hydrogens is 267 g/mol. The van der Waals surface area contributed by atoms with E-state index in [1.807, 2.05) is 4.68 Å². The Labute approximate surface area is 125 Å². The van der Waals surface area contributed by atoms with Gasteiger partial charge in [0, 0.05) is 0 Å². The molecule has 5 heteroatoms. The van der Waals surface area contributed by atoms with Gasteiger partial charge < -0.3 is 5.32 Å². The van der Waals surface area contributed by atoms with Gasteiger partial charge in [-0.25, -0.2) is 9.07 Å². The van der Waals surface area contributed by atoms with E-state index in [4.69, 9.17) is 0 Å². The number of halogens is 1. The van der Waals surface area contributed by atoms with Crippen LogP contribution in [0, 0.1) is 5.82 Å². The summed E-state index contributed by atoms with van der Waals surface area (Å²) in [6.45, 7) is 7.35. The highest BCUT2D eigenvalue weighted by Gasteiger charge is 2.19.